The normalized spacial score (nSPS) is 17.6. The van der Waals surface area contributed by atoms with Gasteiger partial charge in [-0.15, -0.1) is 10.2 Å². The molecule has 12 nitrogen and oxygen atoms in total. The predicted molar refractivity (Wildman–Crippen MR) is 106 cm³/mol. The molecule has 12 heteroatoms. The summed E-state index contributed by atoms with van der Waals surface area (Å²) in [6.45, 7) is 1.66. The van der Waals surface area contributed by atoms with Crippen LogP contribution in [0, 0.1) is 5.92 Å². The van der Waals surface area contributed by atoms with Gasteiger partial charge >= 0.3 is 5.97 Å². The van der Waals surface area contributed by atoms with Crippen molar-refractivity contribution < 1.29 is 14.6 Å². The van der Waals surface area contributed by atoms with Gasteiger partial charge in [-0.2, -0.15) is 5.21 Å². The zero-order valence-electron chi connectivity index (χ0n) is 16.1. The van der Waals surface area contributed by atoms with Crippen molar-refractivity contribution >= 4 is 17.6 Å². The lowest BCUT2D eigenvalue weighted by Crippen LogP contribution is -2.36. The van der Waals surface area contributed by atoms with E-state index in [4.69, 9.17) is 4.74 Å². The summed E-state index contributed by atoms with van der Waals surface area (Å²) in [5.41, 5.74) is 1.82. The molecule has 2 N–H and O–H groups in total. The van der Waals surface area contributed by atoms with Gasteiger partial charge in [0.2, 0.25) is 5.82 Å². The SMILES string of the molecule is CC1=Nc2nnnn2C(c2ccccc2Oc2ccc(-c3nn[nH]n3)cc2)C1C(=O)O. The number of aliphatic carboxylic acids is 1. The number of benzene rings is 2. The molecular formula is C19H15N9O3. The van der Waals surface area contributed by atoms with Crippen LogP contribution >= 0.6 is 0 Å². The molecule has 154 valence electrons. The number of carbonyl (C=O) groups is 1. The lowest BCUT2D eigenvalue weighted by molar-refractivity contribution is -0.140. The second-order valence-electron chi connectivity index (χ2n) is 6.84. The molecule has 2 unspecified atom stereocenters. The highest BCUT2D eigenvalue weighted by molar-refractivity contribution is 6.02. The van der Waals surface area contributed by atoms with Crippen molar-refractivity contribution in [2.45, 2.75) is 13.0 Å². The van der Waals surface area contributed by atoms with E-state index in [2.05, 4.69) is 41.1 Å². The number of aromatic amines is 1. The number of hydrogen-bond acceptors (Lipinski definition) is 9. The van der Waals surface area contributed by atoms with Gasteiger partial charge in [0, 0.05) is 16.8 Å². The number of fused-ring (bicyclic) bond motifs is 1. The van der Waals surface area contributed by atoms with Gasteiger partial charge in [0.15, 0.2) is 0 Å². The molecule has 3 heterocycles. The Hall–Kier alpha value is -4.48. The molecule has 0 radical (unpaired) electrons. The van der Waals surface area contributed by atoms with E-state index in [1.165, 1.54) is 4.68 Å². The standard InChI is InChI=1S/C19H15N9O3/c1-10-15(18(29)30)16(28-19(20-10)23-26-27-28)13-4-2-3-5-14(13)31-12-8-6-11(7-9-12)17-21-24-25-22-17/h2-9,15-16H,1H3,(H,29,30)(H,21,22,24,25). The van der Waals surface area contributed by atoms with Crippen LogP contribution < -0.4 is 4.74 Å². The second kappa shape index (κ2) is 7.40. The number of carboxylic acids is 1. The summed E-state index contributed by atoms with van der Waals surface area (Å²) in [4.78, 5) is 16.3. The number of ether oxygens (including phenoxy) is 1. The highest BCUT2D eigenvalue weighted by Gasteiger charge is 2.40. The fraction of sp³-hybridized carbons (Fsp3) is 0.158. The topological polar surface area (TPSA) is 157 Å². The third kappa shape index (κ3) is 3.29. The van der Waals surface area contributed by atoms with Crippen LogP contribution in [0.1, 0.15) is 18.5 Å². The minimum absolute atomic E-state index is 0.249. The van der Waals surface area contributed by atoms with Gasteiger partial charge in [-0.3, -0.25) is 4.79 Å². The second-order valence-corrected chi connectivity index (χ2v) is 6.84. The molecule has 0 fully saturated rings. The van der Waals surface area contributed by atoms with Gasteiger partial charge in [-0.1, -0.05) is 23.3 Å². The summed E-state index contributed by atoms with van der Waals surface area (Å²) < 4.78 is 7.52. The van der Waals surface area contributed by atoms with E-state index in [0.717, 1.165) is 5.56 Å². The first kappa shape index (κ1) is 18.5. The number of H-pyrrole nitrogens is 1. The number of tetrazole rings is 2. The van der Waals surface area contributed by atoms with Crippen molar-refractivity contribution in [2.24, 2.45) is 10.9 Å². The first-order valence-electron chi connectivity index (χ1n) is 9.28. The molecule has 1 aliphatic rings. The lowest BCUT2D eigenvalue weighted by Gasteiger charge is -2.28. The van der Waals surface area contributed by atoms with Crippen molar-refractivity contribution in [3.8, 4) is 22.9 Å². The molecule has 31 heavy (non-hydrogen) atoms. The van der Waals surface area contributed by atoms with Crippen LogP contribution in [0.4, 0.5) is 5.95 Å². The first-order valence-corrected chi connectivity index (χ1v) is 9.28. The monoisotopic (exact) mass is 417 g/mol. The number of nitrogens with one attached hydrogen (secondary N) is 1. The van der Waals surface area contributed by atoms with E-state index < -0.39 is 17.9 Å². The molecule has 1 aliphatic heterocycles. The van der Waals surface area contributed by atoms with E-state index in [1.807, 2.05) is 12.1 Å². The Morgan fingerprint density at radius 1 is 1.13 bits per heavy atom. The van der Waals surface area contributed by atoms with Crippen molar-refractivity contribution in [1.29, 1.82) is 0 Å². The average Bonchev–Trinajstić information content (AvgIpc) is 3.46. The van der Waals surface area contributed by atoms with E-state index >= 15 is 0 Å². The Kier molecular flexibility index (Phi) is 4.43. The van der Waals surface area contributed by atoms with Gasteiger partial charge in [0.25, 0.3) is 5.95 Å². The molecule has 0 saturated carbocycles. The molecule has 0 spiro atoms. The number of nitrogens with zero attached hydrogens (tertiary/aromatic N) is 8. The molecule has 2 aromatic heterocycles. The Balaban J connectivity index is 1.52. The summed E-state index contributed by atoms with van der Waals surface area (Å²) in [7, 11) is 0. The number of aliphatic imine (C=N–C) groups is 1. The maximum Gasteiger partial charge on any atom is 0.314 e. The van der Waals surface area contributed by atoms with Gasteiger partial charge in [-0.25, -0.2) is 9.67 Å². The minimum atomic E-state index is -1.02. The fourth-order valence-corrected chi connectivity index (χ4v) is 3.57. The van der Waals surface area contributed by atoms with Crippen molar-refractivity contribution in [3.63, 3.8) is 0 Å². The fourth-order valence-electron chi connectivity index (χ4n) is 3.57. The molecule has 0 aliphatic carbocycles. The quantitative estimate of drug-likeness (QED) is 0.496. The average molecular weight is 417 g/mol. The Morgan fingerprint density at radius 3 is 2.68 bits per heavy atom. The highest BCUT2D eigenvalue weighted by atomic mass is 16.5. The largest absolute Gasteiger partial charge is 0.481 e. The Morgan fingerprint density at radius 2 is 1.94 bits per heavy atom. The summed E-state index contributed by atoms with van der Waals surface area (Å²) in [5, 5.41) is 35.3. The number of para-hydroxylation sites is 1. The summed E-state index contributed by atoms with van der Waals surface area (Å²) >= 11 is 0. The number of carboxylic acid groups (broad SMARTS) is 1. The summed E-state index contributed by atoms with van der Waals surface area (Å²) in [6.07, 6.45) is 0. The Bertz CT molecular complexity index is 1270. The number of rotatable bonds is 5. The smallest absolute Gasteiger partial charge is 0.314 e. The number of aromatic nitrogens is 8. The molecular weight excluding hydrogens is 402 g/mol. The maximum absolute atomic E-state index is 12.1. The predicted octanol–water partition coefficient (Wildman–Crippen LogP) is 2.04. The van der Waals surface area contributed by atoms with Crippen LogP contribution in [0.3, 0.4) is 0 Å². The maximum atomic E-state index is 12.1. The van der Waals surface area contributed by atoms with Crippen molar-refractivity contribution in [3.05, 3.63) is 54.1 Å². The van der Waals surface area contributed by atoms with Gasteiger partial charge in [-0.05, 0) is 52.9 Å². The Labute approximate surface area is 174 Å². The highest BCUT2D eigenvalue weighted by Crippen LogP contribution is 2.40. The van der Waals surface area contributed by atoms with Crippen LogP contribution in [-0.4, -0.2) is 57.6 Å². The van der Waals surface area contributed by atoms with E-state index in [-0.39, 0.29) is 5.95 Å². The molecule has 0 bridgehead atoms. The summed E-state index contributed by atoms with van der Waals surface area (Å²) in [6, 6.07) is 13.6. The first-order chi connectivity index (χ1) is 15.1. The summed E-state index contributed by atoms with van der Waals surface area (Å²) in [5.74, 6) is -0.196. The molecule has 5 rings (SSSR count). The molecule has 0 amide bonds. The minimum Gasteiger partial charge on any atom is -0.481 e. The van der Waals surface area contributed by atoms with Crippen molar-refractivity contribution in [1.82, 2.24) is 40.8 Å². The van der Waals surface area contributed by atoms with Gasteiger partial charge in [0.05, 0.1) is 0 Å². The van der Waals surface area contributed by atoms with E-state index in [0.29, 0.717) is 28.6 Å². The van der Waals surface area contributed by atoms with E-state index in [1.54, 1.807) is 43.3 Å². The third-order valence-corrected chi connectivity index (χ3v) is 4.97. The van der Waals surface area contributed by atoms with Gasteiger partial charge in [0.1, 0.15) is 23.5 Å². The molecule has 2 atom stereocenters. The third-order valence-electron chi connectivity index (χ3n) is 4.97. The zero-order chi connectivity index (χ0) is 21.4. The van der Waals surface area contributed by atoms with Crippen LogP contribution in [0.2, 0.25) is 0 Å². The van der Waals surface area contributed by atoms with Gasteiger partial charge < -0.3 is 9.84 Å². The zero-order valence-corrected chi connectivity index (χ0v) is 16.1. The molecule has 4 aromatic rings. The van der Waals surface area contributed by atoms with Crippen LogP contribution in [0.25, 0.3) is 11.4 Å². The van der Waals surface area contributed by atoms with Crippen LogP contribution in [0.5, 0.6) is 11.5 Å². The van der Waals surface area contributed by atoms with E-state index in [9.17, 15) is 9.90 Å². The molecule has 0 saturated heterocycles. The molecule has 2 aromatic carbocycles. The van der Waals surface area contributed by atoms with Crippen molar-refractivity contribution in [2.75, 3.05) is 0 Å². The van der Waals surface area contributed by atoms with Crippen LogP contribution in [-0.2, 0) is 4.79 Å². The number of hydrogen-bond donors (Lipinski definition) is 2. The lowest BCUT2D eigenvalue weighted by atomic mass is 9.88. The van der Waals surface area contributed by atoms with Crippen LogP contribution in [0.15, 0.2) is 53.5 Å².